The molecule has 0 unspecified atom stereocenters. The number of hydrogen-bond acceptors (Lipinski definition) is 3. The van der Waals surface area contributed by atoms with Crippen molar-refractivity contribution < 1.29 is 4.52 Å². The van der Waals surface area contributed by atoms with E-state index in [0.717, 1.165) is 21.1 Å². The van der Waals surface area contributed by atoms with Gasteiger partial charge >= 0.3 is 0 Å². The third kappa shape index (κ3) is 2.04. The van der Waals surface area contributed by atoms with Crippen LogP contribution < -0.4 is 5.73 Å². The smallest absolute Gasteiger partial charge is 0.173 e. The second-order valence-electron chi connectivity index (χ2n) is 3.35. The van der Waals surface area contributed by atoms with Crippen LogP contribution in [-0.4, -0.2) is 5.16 Å². The number of anilines is 1. The quantitative estimate of drug-likeness (QED) is 0.841. The fraction of sp³-hybridized carbons (Fsp3) is 0.182. The minimum absolute atomic E-state index is 0.452. The first-order valence-electron chi connectivity index (χ1n) is 4.83. The Balaban J connectivity index is 2.62. The highest BCUT2D eigenvalue weighted by Crippen LogP contribution is 2.33. The first-order valence-corrected chi connectivity index (χ1v) is 6.28. The van der Waals surface area contributed by atoms with Gasteiger partial charge in [-0.15, -0.1) is 0 Å². The van der Waals surface area contributed by atoms with Gasteiger partial charge in [-0.3, -0.25) is 0 Å². The topological polar surface area (TPSA) is 52.0 Å². The minimum Gasteiger partial charge on any atom is -0.381 e. The van der Waals surface area contributed by atoms with Crippen molar-refractivity contribution in [1.29, 1.82) is 0 Å². The van der Waals surface area contributed by atoms with Gasteiger partial charge in [0.05, 0.1) is 0 Å². The fourth-order valence-corrected chi connectivity index (χ4v) is 2.30. The SMILES string of the molecule is CCc1c(N)noc1-c1cc(Cl)ccc1I. The lowest BCUT2D eigenvalue weighted by Crippen LogP contribution is -1.91. The molecule has 0 radical (unpaired) electrons. The van der Waals surface area contributed by atoms with Crippen LogP contribution in [0.15, 0.2) is 22.7 Å². The predicted molar refractivity (Wildman–Crippen MR) is 73.5 cm³/mol. The maximum Gasteiger partial charge on any atom is 0.173 e. The molecule has 2 N–H and O–H groups in total. The average molecular weight is 349 g/mol. The molecule has 0 saturated carbocycles. The lowest BCUT2D eigenvalue weighted by Gasteiger charge is -2.03. The van der Waals surface area contributed by atoms with E-state index in [2.05, 4.69) is 27.7 Å². The summed E-state index contributed by atoms with van der Waals surface area (Å²) in [6, 6.07) is 5.65. The van der Waals surface area contributed by atoms with Gasteiger partial charge in [-0.1, -0.05) is 23.7 Å². The normalized spacial score (nSPS) is 10.7. The molecule has 0 saturated heterocycles. The van der Waals surface area contributed by atoms with E-state index < -0.39 is 0 Å². The number of benzene rings is 1. The molecule has 0 fully saturated rings. The van der Waals surface area contributed by atoms with Crippen LogP contribution in [0.4, 0.5) is 5.82 Å². The summed E-state index contributed by atoms with van der Waals surface area (Å²) in [4.78, 5) is 0. The molecule has 1 heterocycles. The molecule has 0 amide bonds. The standard InChI is InChI=1S/C11H10ClIN2O/c1-2-7-10(16-15-11(7)14)8-5-6(12)3-4-9(8)13/h3-5H,2H2,1H3,(H2,14,15). The molecular weight excluding hydrogens is 338 g/mol. The Hall–Kier alpha value is -0.750. The lowest BCUT2D eigenvalue weighted by atomic mass is 10.1. The monoisotopic (exact) mass is 348 g/mol. The highest BCUT2D eigenvalue weighted by Gasteiger charge is 2.16. The van der Waals surface area contributed by atoms with E-state index in [4.69, 9.17) is 21.9 Å². The van der Waals surface area contributed by atoms with Gasteiger partial charge in [-0.2, -0.15) is 0 Å². The first kappa shape index (κ1) is 11.7. The first-order chi connectivity index (χ1) is 7.63. The van der Waals surface area contributed by atoms with Crippen LogP contribution in [0.5, 0.6) is 0 Å². The Morgan fingerprint density at radius 3 is 2.94 bits per heavy atom. The van der Waals surface area contributed by atoms with Crippen LogP contribution in [0.25, 0.3) is 11.3 Å². The lowest BCUT2D eigenvalue weighted by molar-refractivity contribution is 0.435. The summed E-state index contributed by atoms with van der Waals surface area (Å²) in [5.74, 6) is 1.17. The van der Waals surface area contributed by atoms with E-state index >= 15 is 0 Å². The molecule has 3 nitrogen and oxygen atoms in total. The second-order valence-corrected chi connectivity index (χ2v) is 4.95. The van der Waals surface area contributed by atoms with E-state index in [0.29, 0.717) is 16.6 Å². The van der Waals surface area contributed by atoms with Crippen molar-refractivity contribution in [2.24, 2.45) is 0 Å². The molecule has 0 aliphatic rings. The van der Waals surface area contributed by atoms with Crippen LogP contribution in [0.1, 0.15) is 12.5 Å². The van der Waals surface area contributed by atoms with Crippen LogP contribution in [0.3, 0.4) is 0 Å². The van der Waals surface area contributed by atoms with Gasteiger partial charge in [0, 0.05) is 19.7 Å². The van der Waals surface area contributed by atoms with Crippen molar-refractivity contribution >= 4 is 40.0 Å². The van der Waals surface area contributed by atoms with Gasteiger partial charge in [0.1, 0.15) is 0 Å². The number of nitrogens with two attached hydrogens (primary N) is 1. The fourth-order valence-electron chi connectivity index (χ4n) is 1.55. The summed E-state index contributed by atoms with van der Waals surface area (Å²) in [7, 11) is 0. The van der Waals surface area contributed by atoms with E-state index in [1.807, 2.05) is 25.1 Å². The zero-order valence-electron chi connectivity index (χ0n) is 8.63. The van der Waals surface area contributed by atoms with Gasteiger partial charge in [0.25, 0.3) is 0 Å². The summed E-state index contributed by atoms with van der Waals surface area (Å²) >= 11 is 8.21. The van der Waals surface area contributed by atoms with Gasteiger partial charge < -0.3 is 10.3 Å². The van der Waals surface area contributed by atoms with E-state index in [-0.39, 0.29) is 0 Å². The number of nitrogens with zero attached hydrogens (tertiary/aromatic N) is 1. The Morgan fingerprint density at radius 1 is 1.50 bits per heavy atom. The molecule has 0 spiro atoms. The molecule has 0 aliphatic carbocycles. The molecule has 16 heavy (non-hydrogen) atoms. The van der Waals surface area contributed by atoms with Crippen LogP contribution >= 0.6 is 34.2 Å². The Kier molecular flexibility index (Phi) is 3.39. The largest absolute Gasteiger partial charge is 0.381 e. The van der Waals surface area contributed by atoms with Crippen molar-refractivity contribution in [3.05, 3.63) is 32.4 Å². The molecule has 1 aromatic carbocycles. The minimum atomic E-state index is 0.452. The molecule has 2 aromatic rings. The summed E-state index contributed by atoms with van der Waals surface area (Å²) < 4.78 is 6.33. The number of hydrogen-bond donors (Lipinski definition) is 1. The molecule has 2 rings (SSSR count). The molecule has 0 bridgehead atoms. The predicted octanol–water partition coefficient (Wildman–Crippen LogP) is 3.74. The number of nitrogen functional groups attached to an aromatic ring is 1. The number of aromatic nitrogens is 1. The molecule has 0 atom stereocenters. The number of rotatable bonds is 2. The molecule has 0 aliphatic heterocycles. The third-order valence-corrected chi connectivity index (χ3v) is 3.52. The van der Waals surface area contributed by atoms with E-state index in [9.17, 15) is 0 Å². The van der Waals surface area contributed by atoms with E-state index in [1.165, 1.54) is 0 Å². The second kappa shape index (κ2) is 4.63. The maximum absolute atomic E-state index is 5.97. The van der Waals surface area contributed by atoms with Crippen LogP contribution in [-0.2, 0) is 6.42 Å². The average Bonchev–Trinajstić information content (AvgIpc) is 2.63. The van der Waals surface area contributed by atoms with Gasteiger partial charge in [0.2, 0.25) is 0 Å². The van der Waals surface area contributed by atoms with Crippen LogP contribution in [0, 0.1) is 3.57 Å². The number of halogens is 2. The summed E-state index contributed by atoms with van der Waals surface area (Å²) in [5, 5.41) is 4.46. The molecular formula is C11H10ClIN2O. The van der Waals surface area contributed by atoms with Crippen molar-refractivity contribution in [3.63, 3.8) is 0 Å². The van der Waals surface area contributed by atoms with Gasteiger partial charge in [-0.25, -0.2) is 0 Å². The van der Waals surface area contributed by atoms with Gasteiger partial charge in [-0.05, 0) is 47.2 Å². The zero-order chi connectivity index (χ0) is 11.7. The van der Waals surface area contributed by atoms with Crippen LogP contribution in [0.2, 0.25) is 5.02 Å². The highest BCUT2D eigenvalue weighted by molar-refractivity contribution is 14.1. The highest BCUT2D eigenvalue weighted by atomic mass is 127. The summed E-state index contributed by atoms with van der Waals surface area (Å²) in [5.41, 5.74) is 7.61. The van der Waals surface area contributed by atoms with Crippen molar-refractivity contribution in [2.45, 2.75) is 13.3 Å². The van der Waals surface area contributed by atoms with Gasteiger partial charge in [0.15, 0.2) is 11.6 Å². The van der Waals surface area contributed by atoms with E-state index in [1.54, 1.807) is 0 Å². The van der Waals surface area contributed by atoms with Crippen molar-refractivity contribution in [2.75, 3.05) is 5.73 Å². The molecule has 5 heteroatoms. The Labute approximate surface area is 112 Å². The maximum atomic E-state index is 5.97. The Morgan fingerprint density at radius 2 is 2.25 bits per heavy atom. The summed E-state index contributed by atoms with van der Waals surface area (Å²) in [6.07, 6.45) is 0.785. The molecule has 84 valence electrons. The Bertz CT molecular complexity index is 525. The molecule has 1 aromatic heterocycles. The zero-order valence-corrected chi connectivity index (χ0v) is 11.5. The van der Waals surface area contributed by atoms with Crippen molar-refractivity contribution in [1.82, 2.24) is 5.16 Å². The third-order valence-electron chi connectivity index (χ3n) is 2.35. The van der Waals surface area contributed by atoms with Crippen molar-refractivity contribution in [3.8, 4) is 11.3 Å². The summed E-state index contributed by atoms with van der Waals surface area (Å²) in [6.45, 7) is 2.02.